The molecule has 1 saturated heterocycles. The second-order valence-electron chi connectivity index (χ2n) is 6.56. The molecule has 1 unspecified atom stereocenters. The van der Waals surface area contributed by atoms with Crippen molar-refractivity contribution in [2.75, 3.05) is 20.2 Å². The molecule has 2 heterocycles. The molecule has 1 aromatic carbocycles. The predicted octanol–water partition coefficient (Wildman–Crippen LogP) is 1.16. The zero-order valence-electron chi connectivity index (χ0n) is 15.1. The molecule has 3 rings (SSSR count). The number of amides is 2. The summed E-state index contributed by atoms with van der Waals surface area (Å²) in [6.45, 7) is 3.25. The summed E-state index contributed by atoms with van der Waals surface area (Å²) in [7, 11) is 1.64. The van der Waals surface area contributed by atoms with Gasteiger partial charge in [-0.25, -0.2) is 0 Å². The minimum Gasteiger partial charge on any atom is -0.497 e. The molecule has 0 saturated carbocycles. The minimum atomic E-state index is -0.137. The standard InChI is InChI=1S/C19H24N4O3/c1-14-7-10-23(21-14)13-18(24)20-16-11-19(25)22(12-16)9-8-15-3-5-17(26-2)6-4-15/h3-7,10,16H,8-9,11-13H2,1-2H3,(H,20,24). The van der Waals surface area contributed by atoms with Gasteiger partial charge in [0.05, 0.1) is 18.8 Å². The highest BCUT2D eigenvalue weighted by Gasteiger charge is 2.30. The fourth-order valence-electron chi connectivity index (χ4n) is 3.11. The number of ether oxygens (including phenoxy) is 1. The van der Waals surface area contributed by atoms with Gasteiger partial charge in [0.25, 0.3) is 0 Å². The number of hydrogen-bond acceptors (Lipinski definition) is 4. The maximum absolute atomic E-state index is 12.2. The molecule has 7 nitrogen and oxygen atoms in total. The first-order valence-electron chi connectivity index (χ1n) is 8.73. The molecular formula is C19H24N4O3. The molecule has 1 N–H and O–H groups in total. The largest absolute Gasteiger partial charge is 0.497 e. The smallest absolute Gasteiger partial charge is 0.242 e. The van der Waals surface area contributed by atoms with Crippen molar-refractivity contribution in [3.05, 3.63) is 47.8 Å². The normalized spacial score (nSPS) is 16.8. The van der Waals surface area contributed by atoms with Crippen molar-refractivity contribution >= 4 is 11.8 Å². The van der Waals surface area contributed by atoms with E-state index in [0.29, 0.717) is 19.5 Å². The average molecular weight is 356 g/mol. The number of carbonyl (C=O) groups is 2. The van der Waals surface area contributed by atoms with Gasteiger partial charge in [0, 0.05) is 25.7 Å². The van der Waals surface area contributed by atoms with Crippen molar-refractivity contribution in [3.8, 4) is 5.75 Å². The molecule has 7 heteroatoms. The lowest BCUT2D eigenvalue weighted by Crippen LogP contribution is -2.39. The van der Waals surface area contributed by atoms with E-state index >= 15 is 0 Å². The van der Waals surface area contributed by atoms with Gasteiger partial charge in [0.2, 0.25) is 11.8 Å². The highest BCUT2D eigenvalue weighted by Crippen LogP contribution is 2.15. The SMILES string of the molecule is COc1ccc(CCN2CC(NC(=O)Cn3ccc(C)n3)CC2=O)cc1. The Kier molecular flexibility index (Phi) is 5.55. The summed E-state index contributed by atoms with van der Waals surface area (Å²) < 4.78 is 6.75. The molecule has 26 heavy (non-hydrogen) atoms. The molecule has 0 radical (unpaired) electrons. The van der Waals surface area contributed by atoms with Crippen LogP contribution in [0.1, 0.15) is 17.7 Å². The van der Waals surface area contributed by atoms with Crippen LogP contribution in [-0.2, 0) is 22.6 Å². The van der Waals surface area contributed by atoms with Crippen LogP contribution in [0.25, 0.3) is 0 Å². The minimum absolute atomic E-state index is 0.0822. The second-order valence-corrected chi connectivity index (χ2v) is 6.56. The van der Waals surface area contributed by atoms with Gasteiger partial charge in [-0.2, -0.15) is 5.10 Å². The molecule has 1 atom stereocenters. The molecule has 2 amide bonds. The lowest BCUT2D eigenvalue weighted by molar-refractivity contribution is -0.127. The summed E-state index contributed by atoms with van der Waals surface area (Å²) in [5, 5.41) is 7.13. The van der Waals surface area contributed by atoms with Gasteiger partial charge >= 0.3 is 0 Å². The van der Waals surface area contributed by atoms with Crippen LogP contribution < -0.4 is 10.1 Å². The molecule has 138 valence electrons. The Labute approximate surface area is 152 Å². The quantitative estimate of drug-likeness (QED) is 0.808. The summed E-state index contributed by atoms with van der Waals surface area (Å²) >= 11 is 0. The van der Waals surface area contributed by atoms with E-state index in [1.807, 2.05) is 42.2 Å². The van der Waals surface area contributed by atoms with Crippen LogP contribution >= 0.6 is 0 Å². The molecule has 2 aromatic rings. The molecule has 0 aliphatic carbocycles. The van der Waals surface area contributed by atoms with E-state index in [0.717, 1.165) is 23.4 Å². The zero-order chi connectivity index (χ0) is 18.5. The van der Waals surface area contributed by atoms with Crippen molar-refractivity contribution in [2.24, 2.45) is 0 Å². The van der Waals surface area contributed by atoms with Gasteiger partial charge in [-0.1, -0.05) is 12.1 Å². The lowest BCUT2D eigenvalue weighted by atomic mass is 10.1. The molecule has 1 aliphatic heterocycles. The summed E-state index contributed by atoms with van der Waals surface area (Å²) in [4.78, 5) is 26.1. The number of likely N-dealkylation sites (tertiary alicyclic amines) is 1. The first kappa shape index (κ1) is 18.0. The number of hydrogen-bond donors (Lipinski definition) is 1. The van der Waals surface area contributed by atoms with Crippen LogP contribution in [0.4, 0.5) is 0 Å². The summed E-state index contributed by atoms with van der Waals surface area (Å²) in [5.74, 6) is 0.780. The van der Waals surface area contributed by atoms with Gasteiger partial charge in [0.1, 0.15) is 12.3 Å². The zero-order valence-corrected chi connectivity index (χ0v) is 15.1. The summed E-state index contributed by atoms with van der Waals surface area (Å²) in [6.07, 6.45) is 2.91. The third-order valence-corrected chi connectivity index (χ3v) is 4.49. The van der Waals surface area contributed by atoms with Crippen molar-refractivity contribution in [3.63, 3.8) is 0 Å². The van der Waals surface area contributed by atoms with Crippen LogP contribution in [0, 0.1) is 6.92 Å². The van der Waals surface area contributed by atoms with E-state index in [-0.39, 0.29) is 24.4 Å². The second kappa shape index (κ2) is 8.03. The topological polar surface area (TPSA) is 76.5 Å². The fourth-order valence-corrected chi connectivity index (χ4v) is 3.11. The number of benzene rings is 1. The Morgan fingerprint density at radius 3 is 2.73 bits per heavy atom. The van der Waals surface area contributed by atoms with Crippen molar-refractivity contribution in [1.82, 2.24) is 20.0 Å². The average Bonchev–Trinajstić information content (AvgIpc) is 3.18. The number of carbonyl (C=O) groups excluding carboxylic acids is 2. The summed E-state index contributed by atoms with van der Waals surface area (Å²) in [5.41, 5.74) is 2.03. The third-order valence-electron chi connectivity index (χ3n) is 4.49. The highest BCUT2D eigenvalue weighted by atomic mass is 16.5. The molecule has 1 aromatic heterocycles. The van der Waals surface area contributed by atoms with Crippen molar-refractivity contribution in [2.45, 2.75) is 32.4 Å². The molecule has 0 bridgehead atoms. The highest BCUT2D eigenvalue weighted by molar-refractivity contribution is 5.82. The van der Waals surface area contributed by atoms with E-state index in [9.17, 15) is 9.59 Å². The van der Waals surface area contributed by atoms with Gasteiger partial charge in [-0.15, -0.1) is 0 Å². The number of rotatable bonds is 7. The number of aromatic nitrogens is 2. The Hall–Kier alpha value is -2.83. The number of nitrogens with one attached hydrogen (secondary N) is 1. The van der Waals surface area contributed by atoms with E-state index in [1.165, 1.54) is 0 Å². The van der Waals surface area contributed by atoms with Gasteiger partial charge < -0.3 is 15.0 Å². The fraction of sp³-hybridized carbons (Fsp3) is 0.421. The predicted molar refractivity (Wildman–Crippen MR) is 96.8 cm³/mol. The van der Waals surface area contributed by atoms with Gasteiger partial charge in [-0.3, -0.25) is 14.3 Å². The van der Waals surface area contributed by atoms with Crippen LogP contribution in [0.5, 0.6) is 5.75 Å². The summed E-state index contributed by atoms with van der Waals surface area (Å²) in [6, 6.07) is 9.56. The van der Waals surface area contributed by atoms with Crippen LogP contribution in [0.15, 0.2) is 36.5 Å². The Morgan fingerprint density at radius 2 is 2.08 bits per heavy atom. The van der Waals surface area contributed by atoms with E-state index < -0.39 is 0 Å². The Morgan fingerprint density at radius 1 is 1.31 bits per heavy atom. The monoisotopic (exact) mass is 356 g/mol. The Balaban J connectivity index is 1.46. The van der Waals surface area contributed by atoms with Crippen LogP contribution in [-0.4, -0.2) is 52.7 Å². The maximum atomic E-state index is 12.2. The van der Waals surface area contributed by atoms with E-state index in [2.05, 4.69) is 10.4 Å². The molecule has 1 aliphatic rings. The molecule has 0 spiro atoms. The molecule has 1 fully saturated rings. The first-order valence-corrected chi connectivity index (χ1v) is 8.73. The van der Waals surface area contributed by atoms with Crippen molar-refractivity contribution < 1.29 is 14.3 Å². The Bertz CT molecular complexity index is 769. The molecular weight excluding hydrogens is 332 g/mol. The number of aryl methyl sites for hydroxylation is 1. The van der Waals surface area contributed by atoms with E-state index in [4.69, 9.17) is 4.74 Å². The van der Waals surface area contributed by atoms with Crippen molar-refractivity contribution in [1.29, 1.82) is 0 Å². The third kappa shape index (κ3) is 4.62. The first-order chi connectivity index (χ1) is 12.5. The number of nitrogens with zero attached hydrogens (tertiary/aromatic N) is 3. The van der Waals surface area contributed by atoms with Crippen LogP contribution in [0.2, 0.25) is 0 Å². The van der Waals surface area contributed by atoms with Gasteiger partial charge in [-0.05, 0) is 37.1 Å². The van der Waals surface area contributed by atoms with E-state index in [1.54, 1.807) is 18.0 Å². The number of methoxy groups -OCH3 is 1. The van der Waals surface area contributed by atoms with Gasteiger partial charge in [0.15, 0.2) is 0 Å². The van der Waals surface area contributed by atoms with Crippen LogP contribution in [0.3, 0.4) is 0 Å². The lowest BCUT2D eigenvalue weighted by Gasteiger charge is -2.17. The maximum Gasteiger partial charge on any atom is 0.242 e.